The third-order valence-electron chi connectivity index (χ3n) is 5.35. The highest BCUT2D eigenvalue weighted by Crippen LogP contribution is 2.56. The van der Waals surface area contributed by atoms with Gasteiger partial charge in [-0.3, -0.25) is 0 Å². The summed E-state index contributed by atoms with van der Waals surface area (Å²) in [7, 11) is 1.55. The van der Waals surface area contributed by atoms with Crippen molar-refractivity contribution in [1.29, 1.82) is 0 Å². The van der Waals surface area contributed by atoms with Crippen LogP contribution in [0.3, 0.4) is 0 Å². The van der Waals surface area contributed by atoms with Crippen LogP contribution in [0.1, 0.15) is 27.0 Å². The summed E-state index contributed by atoms with van der Waals surface area (Å²) in [5, 5.41) is 0. The number of hydrogen-bond acceptors (Lipinski definition) is 6. The molecule has 1 unspecified atom stereocenters. The molecule has 2 aliphatic heterocycles. The van der Waals surface area contributed by atoms with E-state index in [4.69, 9.17) is 35.3 Å². The van der Waals surface area contributed by atoms with Gasteiger partial charge in [-0.25, -0.2) is 4.79 Å². The topological polar surface area (TPSA) is 63.2 Å². The Morgan fingerprint density at radius 3 is 2.26 bits per heavy atom. The maximum atomic E-state index is 12.8. The second-order valence-electron chi connectivity index (χ2n) is 7.12. The minimum atomic E-state index is -1.12. The van der Waals surface area contributed by atoms with Crippen molar-refractivity contribution in [2.45, 2.75) is 5.60 Å². The van der Waals surface area contributed by atoms with Crippen LogP contribution >= 0.6 is 11.6 Å². The fraction of sp³-hybridized carbons (Fsp3) is 0.208. The number of fused-ring (bicyclic) bond motifs is 6. The van der Waals surface area contributed by atoms with E-state index in [-0.39, 0.29) is 12.8 Å². The molecule has 31 heavy (non-hydrogen) atoms. The van der Waals surface area contributed by atoms with Gasteiger partial charge < -0.3 is 23.7 Å². The van der Waals surface area contributed by atoms with E-state index >= 15 is 0 Å². The van der Waals surface area contributed by atoms with E-state index in [0.717, 1.165) is 16.7 Å². The number of benzene rings is 3. The summed E-state index contributed by atoms with van der Waals surface area (Å²) in [6, 6.07) is 18.3. The number of halogens is 1. The van der Waals surface area contributed by atoms with Crippen LogP contribution in [0.15, 0.2) is 60.7 Å². The SMILES string of the molecule is COCOc1ccc2c(c1)Oc1cc(OCCCl)ccc1C21OC(=O)c2ccccc21. The zero-order chi connectivity index (χ0) is 21.4. The molecule has 0 saturated carbocycles. The number of ether oxygens (including phenoxy) is 5. The van der Waals surface area contributed by atoms with Gasteiger partial charge in [0.25, 0.3) is 0 Å². The van der Waals surface area contributed by atoms with Gasteiger partial charge in [0.1, 0.15) is 29.6 Å². The van der Waals surface area contributed by atoms with Crippen molar-refractivity contribution in [3.8, 4) is 23.0 Å². The van der Waals surface area contributed by atoms with E-state index in [2.05, 4.69) is 0 Å². The Kier molecular flexibility index (Phi) is 4.96. The first kappa shape index (κ1) is 19.7. The summed E-state index contributed by atoms with van der Waals surface area (Å²) < 4.78 is 28.6. The Morgan fingerprint density at radius 2 is 1.58 bits per heavy atom. The van der Waals surface area contributed by atoms with E-state index in [1.165, 1.54) is 0 Å². The number of esters is 1. The van der Waals surface area contributed by atoms with Gasteiger partial charge in [0, 0.05) is 35.9 Å². The zero-order valence-electron chi connectivity index (χ0n) is 16.7. The third kappa shape index (κ3) is 3.10. The molecule has 0 aliphatic carbocycles. The first-order valence-electron chi connectivity index (χ1n) is 9.77. The van der Waals surface area contributed by atoms with Crippen LogP contribution in [0.5, 0.6) is 23.0 Å². The Morgan fingerprint density at radius 1 is 0.903 bits per heavy atom. The number of alkyl halides is 1. The summed E-state index contributed by atoms with van der Waals surface area (Å²) in [4.78, 5) is 12.8. The molecule has 0 amide bonds. The van der Waals surface area contributed by atoms with Gasteiger partial charge in [-0.2, -0.15) is 0 Å². The van der Waals surface area contributed by atoms with Gasteiger partial charge in [-0.05, 0) is 30.3 Å². The second-order valence-corrected chi connectivity index (χ2v) is 7.50. The van der Waals surface area contributed by atoms with Crippen LogP contribution < -0.4 is 14.2 Å². The lowest BCUT2D eigenvalue weighted by molar-refractivity contribution is 0.0223. The Balaban J connectivity index is 1.71. The molecule has 0 fully saturated rings. The second kappa shape index (κ2) is 7.80. The van der Waals surface area contributed by atoms with Crippen molar-refractivity contribution in [3.63, 3.8) is 0 Å². The number of hydrogen-bond donors (Lipinski definition) is 0. The summed E-state index contributed by atoms with van der Waals surface area (Å²) in [6.07, 6.45) is 0. The van der Waals surface area contributed by atoms with Crippen LogP contribution in [0, 0.1) is 0 Å². The maximum Gasteiger partial charge on any atom is 0.340 e. The number of carbonyl (C=O) groups excluding carboxylic acids is 1. The van der Waals surface area contributed by atoms with E-state index < -0.39 is 5.60 Å². The smallest absolute Gasteiger partial charge is 0.340 e. The Hall–Kier alpha value is -3.22. The molecule has 3 aromatic carbocycles. The van der Waals surface area contributed by atoms with E-state index in [9.17, 15) is 4.79 Å². The first-order valence-corrected chi connectivity index (χ1v) is 10.3. The molecule has 0 bridgehead atoms. The molecular weight excluding hydrogens is 420 g/mol. The molecule has 0 N–H and O–H groups in total. The minimum Gasteiger partial charge on any atom is -0.492 e. The summed E-state index contributed by atoms with van der Waals surface area (Å²) in [6.45, 7) is 0.476. The van der Waals surface area contributed by atoms with Crippen molar-refractivity contribution in [2.75, 3.05) is 26.4 Å². The molecule has 1 spiro atoms. The van der Waals surface area contributed by atoms with Crippen molar-refractivity contribution >= 4 is 17.6 Å². The van der Waals surface area contributed by atoms with Crippen molar-refractivity contribution in [2.24, 2.45) is 0 Å². The van der Waals surface area contributed by atoms with E-state index in [1.54, 1.807) is 31.4 Å². The molecule has 7 heteroatoms. The van der Waals surface area contributed by atoms with Gasteiger partial charge in [0.05, 0.1) is 11.4 Å². The molecule has 6 nitrogen and oxygen atoms in total. The van der Waals surface area contributed by atoms with E-state index in [0.29, 0.717) is 41.0 Å². The van der Waals surface area contributed by atoms with Crippen molar-refractivity contribution in [3.05, 3.63) is 82.9 Å². The predicted molar refractivity (Wildman–Crippen MR) is 113 cm³/mol. The average molecular weight is 439 g/mol. The quantitative estimate of drug-likeness (QED) is 0.311. The molecule has 158 valence electrons. The average Bonchev–Trinajstić information content (AvgIpc) is 3.09. The standard InChI is InChI=1S/C24H19ClO6/c1-27-14-29-16-7-9-20-22(13-16)30-21-12-15(28-11-10-25)6-8-19(21)24(20)18-5-3-2-4-17(18)23(26)31-24/h2-9,12-13H,10-11,14H2,1H3. The summed E-state index contributed by atoms with van der Waals surface area (Å²) in [5.41, 5.74) is 1.62. The molecule has 5 rings (SSSR count). The van der Waals surface area contributed by atoms with Crippen LogP contribution in [-0.4, -0.2) is 32.4 Å². The first-order chi connectivity index (χ1) is 15.2. The molecule has 2 heterocycles. The van der Waals surface area contributed by atoms with Gasteiger partial charge in [-0.15, -0.1) is 11.6 Å². The summed E-state index contributed by atoms with van der Waals surface area (Å²) >= 11 is 5.75. The predicted octanol–water partition coefficient (Wildman–Crippen LogP) is 4.85. The third-order valence-corrected chi connectivity index (χ3v) is 5.50. The van der Waals surface area contributed by atoms with Crippen LogP contribution in [0.25, 0.3) is 0 Å². The normalized spacial score (nSPS) is 17.9. The molecule has 1 atom stereocenters. The molecular formula is C24H19ClO6. The van der Waals surface area contributed by atoms with Gasteiger partial charge >= 0.3 is 5.97 Å². The molecule has 3 aromatic rings. The summed E-state index contributed by atoms with van der Waals surface area (Å²) in [5.74, 6) is 2.24. The van der Waals surface area contributed by atoms with Gasteiger partial charge in [-0.1, -0.05) is 18.2 Å². The monoisotopic (exact) mass is 438 g/mol. The van der Waals surface area contributed by atoms with Crippen molar-refractivity contribution in [1.82, 2.24) is 0 Å². The Bertz CT molecular complexity index is 1100. The van der Waals surface area contributed by atoms with Crippen LogP contribution in [0.2, 0.25) is 0 Å². The largest absolute Gasteiger partial charge is 0.492 e. The highest BCUT2D eigenvalue weighted by molar-refractivity contribution is 6.18. The molecule has 2 aliphatic rings. The highest BCUT2D eigenvalue weighted by atomic mass is 35.5. The lowest BCUT2D eigenvalue weighted by Gasteiger charge is -2.36. The van der Waals surface area contributed by atoms with Crippen LogP contribution in [0.4, 0.5) is 0 Å². The number of carbonyl (C=O) groups is 1. The highest BCUT2D eigenvalue weighted by Gasteiger charge is 2.53. The number of rotatable bonds is 6. The lowest BCUT2D eigenvalue weighted by atomic mass is 9.77. The lowest BCUT2D eigenvalue weighted by Crippen LogP contribution is -2.33. The van der Waals surface area contributed by atoms with Crippen LogP contribution in [-0.2, 0) is 15.1 Å². The zero-order valence-corrected chi connectivity index (χ0v) is 17.5. The van der Waals surface area contributed by atoms with Crippen molar-refractivity contribution < 1.29 is 28.5 Å². The fourth-order valence-electron chi connectivity index (χ4n) is 4.10. The van der Waals surface area contributed by atoms with E-state index in [1.807, 2.05) is 36.4 Å². The fourth-order valence-corrected chi connectivity index (χ4v) is 4.18. The molecule has 0 radical (unpaired) electrons. The maximum absolute atomic E-state index is 12.8. The molecule has 0 aromatic heterocycles. The van der Waals surface area contributed by atoms with Gasteiger partial charge in [0.2, 0.25) is 0 Å². The van der Waals surface area contributed by atoms with Gasteiger partial charge in [0.15, 0.2) is 12.4 Å². The Labute approximate surface area is 184 Å². The minimum absolute atomic E-state index is 0.106. The number of methoxy groups -OCH3 is 1. The molecule has 0 saturated heterocycles.